The first-order chi connectivity index (χ1) is 14.0. The first-order valence-corrected chi connectivity index (χ1v) is 10.1. The summed E-state index contributed by atoms with van der Waals surface area (Å²) in [5.41, 5.74) is 0.817. The van der Waals surface area contributed by atoms with Gasteiger partial charge in [0.2, 0.25) is 12.2 Å². The number of hydrogen-bond donors (Lipinski definition) is 1. The van der Waals surface area contributed by atoms with Gasteiger partial charge < -0.3 is 23.7 Å². The van der Waals surface area contributed by atoms with Gasteiger partial charge in [0, 0.05) is 13.8 Å². The van der Waals surface area contributed by atoms with Crippen LogP contribution in [-0.4, -0.2) is 52.3 Å². The summed E-state index contributed by atoms with van der Waals surface area (Å²) in [4.78, 5) is 23.3. The highest BCUT2D eigenvalue weighted by atomic mass is 35.6. The lowest BCUT2D eigenvalue weighted by molar-refractivity contribution is -0.291. The monoisotopic (exact) mass is 481 g/mol. The van der Waals surface area contributed by atoms with Gasteiger partial charge in [-0.1, -0.05) is 65.1 Å². The molecule has 5 atom stereocenters. The molecule has 0 radical (unpaired) electrons. The number of nitrogens with one attached hydrogen (secondary N) is 1. The Labute approximate surface area is 189 Å². The van der Waals surface area contributed by atoms with Gasteiger partial charge in [-0.3, -0.25) is 15.0 Å². The van der Waals surface area contributed by atoms with Crippen LogP contribution in [0.4, 0.5) is 0 Å². The van der Waals surface area contributed by atoms with Crippen LogP contribution in [0, 0.1) is 5.41 Å². The van der Waals surface area contributed by atoms with Crippen LogP contribution in [0.15, 0.2) is 30.3 Å². The maximum atomic E-state index is 11.8. The van der Waals surface area contributed by atoms with Gasteiger partial charge in [-0.15, -0.1) is 0 Å². The van der Waals surface area contributed by atoms with E-state index in [9.17, 15) is 9.59 Å². The third-order valence-corrected chi connectivity index (χ3v) is 4.62. The Balaban J connectivity index is 2.33. The second-order valence-electron chi connectivity index (χ2n) is 6.56. The standard InChI is InChI=1S/C19H22Cl3NO7/c1-10-14(28-11(2)24)15(29-12(3)25)16(26-9-13-7-5-4-6-8-13)17(27-10)30-18(23)19(20,21)22/h4-8,10,14-17,23H,9H2,1-3H3/t10-,14+,15+,16-,17+/m0/s1. The molecule has 1 aromatic carbocycles. The van der Waals surface area contributed by atoms with E-state index < -0.39 is 52.3 Å². The number of benzene rings is 1. The quantitative estimate of drug-likeness (QED) is 0.286. The second kappa shape index (κ2) is 10.6. The van der Waals surface area contributed by atoms with E-state index in [2.05, 4.69) is 0 Å². The van der Waals surface area contributed by atoms with E-state index in [1.165, 1.54) is 13.8 Å². The molecule has 1 aliphatic heterocycles. The van der Waals surface area contributed by atoms with Crippen molar-refractivity contribution in [3.8, 4) is 0 Å². The Kier molecular flexibility index (Phi) is 8.75. The lowest BCUT2D eigenvalue weighted by Crippen LogP contribution is -2.61. The van der Waals surface area contributed by atoms with Crippen molar-refractivity contribution in [3.05, 3.63) is 35.9 Å². The molecule has 1 aliphatic rings. The zero-order chi connectivity index (χ0) is 22.5. The molecular formula is C19H22Cl3NO7. The average Bonchev–Trinajstić information content (AvgIpc) is 2.63. The molecule has 2 rings (SSSR count). The van der Waals surface area contributed by atoms with Crippen molar-refractivity contribution in [2.45, 2.75) is 61.9 Å². The zero-order valence-corrected chi connectivity index (χ0v) is 18.7. The van der Waals surface area contributed by atoms with Crippen molar-refractivity contribution >= 4 is 52.6 Å². The Hall–Kier alpha value is -1.58. The largest absolute Gasteiger partial charge is 0.456 e. The normalized spacial score (nSPS) is 26.5. The molecule has 0 unspecified atom stereocenters. The van der Waals surface area contributed by atoms with E-state index in [0.29, 0.717) is 0 Å². The molecule has 0 spiro atoms. The Morgan fingerprint density at radius 2 is 1.57 bits per heavy atom. The summed E-state index contributed by atoms with van der Waals surface area (Å²) in [6.45, 7) is 4.11. The maximum absolute atomic E-state index is 11.8. The summed E-state index contributed by atoms with van der Waals surface area (Å²) >= 11 is 17.1. The van der Waals surface area contributed by atoms with Gasteiger partial charge in [0.1, 0.15) is 0 Å². The van der Waals surface area contributed by atoms with E-state index >= 15 is 0 Å². The Morgan fingerprint density at radius 3 is 2.10 bits per heavy atom. The fraction of sp³-hybridized carbons (Fsp3) is 0.526. The summed E-state index contributed by atoms with van der Waals surface area (Å²) in [6.07, 6.45) is -5.21. The van der Waals surface area contributed by atoms with Gasteiger partial charge in [0.25, 0.3) is 3.79 Å². The molecular weight excluding hydrogens is 461 g/mol. The predicted octanol–water partition coefficient (Wildman–Crippen LogP) is 3.54. The lowest BCUT2D eigenvalue weighted by atomic mass is 9.98. The first kappa shape index (κ1) is 24.7. The zero-order valence-electron chi connectivity index (χ0n) is 16.5. The second-order valence-corrected chi connectivity index (χ2v) is 8.84. The Morgan fingerprint density at radius 1 is 1.00 bits per heavy atom. The highest BCUT2D eigenvalue weighted by molar-refractivity contribution is 6.76. The van der Waals surface area contributed by atoms with Crippen LogP contribution in [0.3, 0.4) is 0 Å². The number of carbonyl (C=O) groups excluding carboxylic acids is 2. The third-order valence-electron chi connectivity index (χ3n) is 4.11. The number of carbonyl (C=O) groups is 2. The molecule has 1 aromatic rings. The van der Waals surface area contributed by atoms with Crippen LogP contribution < -0.4 is 0 Å². The molecule has 30 heavy (non-hydrogen) atoms. The molecule has 0 bridgehead atoms. The summed E-state index contributed by atoms with van der Waals surface area (Å²) < 4.78 is 25.6. The molecule has 1 N–H and O–H groups in total. The highest BCUT2D eigenvalue weighted by Gasteiger charge is 2.51. The predicted molar refractivity (Wildman–Crippen MR) is 110 cm³/mol. The molecule has 11 heteroatoms. The number of ether oxygens (including phenoxy) is 5. The molecule has 0 saturated carbocycles. The van der Waals surface area contributed by atoms with Crippen molar-refractivity contribution in [1.29, 1.82) is 5.41 Å². The molecule has 0 aromatic heterocycles. The molecule has 0 amide bonds. The van der Waals surface area contributed by atoms with Crippen LogP contribution in [0.2, 0.25) is 0 Å². The van der Waals surface area contributed by atoms with E-state index in [0.717, 1.165) is 5.56 Å². The van der Waals surface area contributed by atoms with Crippen molar-refractivity contribution in [3.63, 3.8) is 0 Å². The average molecular weight is 483 g/mol. The topological polar surface area (TPSA) is 104 Å². The molecule has 0 aliphatic carbocycles. The molecule has 1 saturated heterocycles. The molecule has 1 fully saturated rings. The van der Waals surface area contributed by atoms with Crippen LogP contribution in [0.25, 0.3) is 0 Å². The summed E-state index contributed by atoms with van der Waals surface area (Å²) in [7, 11) is 0. The number of esters is 2. The van der Waals surface area contributed by atoms with Crippen LogP contribution in [0.1, 0.15) is 26.3 Å². The van der Waals surface area contributed by atoms with Gasteiger partial charge in [0.15, 0.2) is 18.3 Å². The smallest absolute Gasteiger partial charge is 0.303 e. The van der Waals surface area contributed by atoms with Crippen molar-refractivity contribution < 1.29 is 33.3 Å². The number of hydrogen-bond acceptors (Lipinski definition) is 8. The van der Waals surface area contributed by atoms with Crippen LogP contribution >= 0.6 is 34.8 Å². The fourth-order valence-electron chi connectivity index (χ4n) is 2.87. The summed E-state index contributed by atoms with van der Waals surface area (Å²) in [6, 6.07) is 9.17. The van der Waals surface area contributed by atoms with Crippen LogP contribution in [0.5, 0.6) is 0 Å². The third kappa shape index (κ3) is 6.99. The molecule has 166 valence electrons. The fourth-order valence-corrected chi connectivity index (χ4v) is 3.01. The maximum Gasteiger partial charge on any atom is 0.303 e. The minimum absolute atomic E-state index is 0.0920. The van der Waals surface area contributed by atoms with Gasteiger partial charge >= 0.3 is 11.9 Å². The Bertz CT molecular complexity index is 756. The minimum atomic E-state index is -2.14. The number of halogens is 3. The van der Waals surface area contributed by atoms with Crippen molar-refractivity contribution in [2.24, 2.45) is 0 Å². The van der Waals surface area contributed by atoms with Crippen LogP contribution in [-0.2, 0) is 39.9 Å². The summed E-state index contributed by atoms with van der Waals surface area (Å²) in [5, 5.41) is 7.85. The van der Waals surface area contributed by atoms with E-state index in [1.54, 1.807) is 6.92 Å². The number of rotatable bonds is 6. The van der Waals surface area contributed by atoms with E-state index in [-0.39, 0.29) is 6.61 Å². The minimum Gasteiger partial charge on any atom is -0.456 e. The SMILES string of the molecule is CC(=O)O[C@H]1[C@H](OCc2ccccc2)[C@@H](OC(=N)C(Cl)(Cl)Cl)O[C@@H](C)[C@H]1OC(C)=O. The van der Waals surface area contributed by atoms with Gasteiger partial charge in [0.05, 0.1) is 12.7 Å². The number of alkyl halides is 3. The lowest BCUT2D eigenvalue weighted by Gasteiger charge is -2.44. The first-order valence-electron chi connectivity index (χ1n) is 8.97. The molecule has 8 nitrogen and oxygen atoms in total. The molecule has 1 heterocycles. The van der Waals surface area contributed by atoms with E-state index in [4.69, 9.17) is 63.9 Å². The van der Waals surface area contributed by atoms with Crippen molar-refractivity contribution in [2.75, 3.05) is 0 Å². The van der Waals surface area contributed by atoms with Gasteiger partial charge in [-0.05, 0) is 12.5 Å². The van der Waals surface area contributed by atoms with E-state index in [1.807, 2.05) is 30.3 Å². The van der Waals surface area contributed by atoms with Gasteiger partial charge in [-0.25, -0.2) is 0 Å². The van der Waals surface area contributed by atoms with Gasteiger partial charge in [-0.2, -0.15) is 0 Å². The highest BCUT2D eigenvalue weighted by Crippen LogP contribution is 2.33. The summed E-state index contributed by atoms with van der Waals surface area (Å²) in [5.74, 6) is -1.93. The van der Waals surface area contributed by atoms with Crippen molar-refractivity contribution in [1.82, 2.24) is 0 Å².